The van der Waals surface area contributed by atoms with Gasteiger partial charge in [0.25, 0.3) is 11.8 Å². The fourth-order valence-electron chi connectivity index (χ4n) is 2.88. The summed E-state index contributed by atoms with van der Waals surface area (Å²) in [7, 11) is 1.55. The quantitative estimate of drug-likeness (QED) is 0.765. The molecule has 0 radical (unpaired) electrons. The standard InChI is InChI=1S/C19H18BrFN2O3/c1-26-15-4-2-3-13(11-15)18(24)22-7-9-23(10-8-22)19(25)16-12-14(21)5-6-17(16)20/h2-6,11-12H,7-10H2,1H3. The van der Waals surface area contributed by atoms with Crippen molar-refractivity contribution in [3.63, 3.8) is 0 Å². The Labute approximate surface area is 159 Å². The second kappa shape index (κ2) is 7.86. The van der Waals surface area contributed by atoms with Crippen LogP contribution >= 0.6 is 15.9 Å². The molecule has 0 aliphatic carbocycles. The Balaban J connectivity index is 1.66. The largest absolute Gasteiger partial charge is 0.497 e. The first-order valence-electron chi connectivity index (χ1n) is 8.17. The SMILES string of the molecule is COc1cccc(C(=O)N2CCN(C(=O)c3cc(F)ccc3Br)CC2)c1. The first-order chi connectivity index (χ1) is 12.5. The topological polar surface area (TPSA) is 49.9 Å². The fraction of sp³-hybridized carbons (Fsp3) is 0.263. The van der Waals surface area contributed by atoms with Gasteiger partial charge in [-0.2, -0.15) is 0 Å². The lowest BCUT2D eigenvalue weighted by Crippen LogP contribution is -2.50. The Hall–Kier alpha value is -2.41. The van der Waals surface area contributed by atoms with E-state index in [2.05, 4.69) is 15.9 Å². The second-order valence-electron chi connectivity index (χ2n) is 5.94. The van der Waals surface area contributed by atoms with E-state index in [1.54, 1.807) is 41.2 Å². The van der Waals surface area contributed by atoms with Crippen molar-refractivity contribution in [3.05, 3.63) is 63.9 Å². The third-order valence-corrected chi connectivity index (χ3v) is 5.02. The molecule has 1 saturated heterocycles. The van der Waals surface area contributed by atoms with Gasteiger partial charge < -0.3 is 14.5 Å². The molecule has 0 N–H and O–H groups in total. The van der Waals surface area contributed by atoms with E-state index in [0.717, 1.165) is 0 Å². The van der Waals surface area contributed by atoms with Crippen LogP contribution in [0.25, 0.3) is 0 Å². The normalized spacial score (nSPS) is 14.3. The number of carbonyl (C=O) groups is 2. The molecule has 136 valence electrons. The molecular formula is C19H18BrFN2O3. The number of halogens is 2. The van der Waals surface area contributed by atoms with E-state index in [1.165, 1.54) is 18.2 Å². The Morgan fingerprint density at radius 3 is 2.31 bits per heavy atom. The highest BCUT2D eigenvalue weighted by Gasteiger charge is 2.26. The Morgan fingerprint density at radius 1 is 1.00 bits per heavy atom. The van der Waals surface area contributed by atoms with Crippen molar-refractivity contribution < 1.29 is 18.7 Å². The van der Waals surface area contributed by atoms with Crippen LogP contribution in [0.1, 0.15) is 20.7 Å². The molecule has 1 aliphatic heterocycles. The van der Waals surface area contributed by atoms with E-state index in [9.17, 15) is 14.0 Å². The third-order valence-electron chi connectivity index (χ3n) is 4.33. The van der Waals surface area contributed by atoms with Gasteiger partial charge in [-0.3, -0.25) is 9.59 Å². The van der Waals surface area contributed by atoms with Crippen molar-refractivity contribution in [2.24, 2.45) is 0 Å². The molecule has 0 aromatic heterocycles. The zero-order chi connectivity index (χ0) is 18.7. The van der Waals surface area contributed by atoms with Crippen molar-refractivity contribution in [1.82, 2.24) is 9.80 Å². The minimum absolute atomic E-state index is 0.0945. The Kier molecular flexibility index (Phi) is 5.56. The first kappa shape index (κ1) is 18.4. The number of amides is 2. The summed E-state index contributed by atoms with van der Waals surface area (Å²) in [5.41, 5.74) is 0.842. The van der Waals surface area contributed by atoms with Crippen LogP contribution in [0.4, 0.5) is 4.39 Å². The monoisotopic (exact) mass is 420 g/mol. The predicted octanol–water partition coefficient (Wildman–Crippen LogP) is 3.20. The highest BCUT2D eigenvalue weighted by molar-refractivity contribution is 9.10. The molecule has 2 amide bonds. The maximum atomic E-state index is 13.4. The van der Waals surface area contributed by atoms with Crippen molar-refractivity contribution in [3.8, 4) is 5.75 Å². The van der Waals surface area contributed by atoms with Crippen LogP contribution in [0.5, 0.6) is 5.75 Å². The van der Waals surface area contributed by atoms with Crippen LogP contribution in [0, 0.1) is 5.82 Å². The molecule has 0 spiro atoms. The van der Waals surface area contributed by atoms with E-state index in [-0.39, 0.29) is 17.4 Å². The van der Waals surface area contributed by atoms with Gasteiger partial charge >= 0.3 is 0 Å². The van der Waals surface area contributed by atoms with Gasteiger partial charge in [0.05, 0.1) is 12.7 Å². The minimum Gasteiger partial charge on any atom is -0.497 e. The molecule has 1 heterocycles. The van der Waals surface area contributed by atoms with E-state index in [4.69, 9.17) is 4.74 Å². The molecule has 2 aromatic rings. The average Bonchev–Trinajstić information content (AvgIpc) is 2.69. The third kappa shape index (κ3) is 3.88. The highest BCUT2D eigenvalue weighted by atomic mass is 79.9. The van der Waals surface area contributed by atoms with Gasteiger partial charge in [-0.25, -0.2) is 4.39 Å². The molecule has 1 fully saturated rings. The Morgan fingerprint density at radius 2 is 1.65 bits per heavy atom. The summed E-state index contributed by atoms with van der Waals surface area (Å²) in [5.74, 6) is -0.170. The van der Waals surface area contributed by atoms with Crippen LogP contribution in [0.2, 0.25) is 0 Å². The van der Waals surface area contributed by atoms with Gasteiger partial charge in [-0.05, 0) is 52.3 Å². The molecule has 3 rings (SSSR count). The number of rotatable bonds is 3. The number of nitrogens with zero attached hydrogens (tertiary/aromatic N) is 2. The van der Waals surface area contributed by atoms with Crippen LogP contribution in [0.3, 0.4) is 0 Å². The first-order valence-corrected chi connectivity index (χ1v) is 8.96. The average molecular weight is 421 g/mol. The second-order valence-corrected chi connectivity index (χ2v) is 6.79. The molecule has 0 saturated carbocycles. The summed E-state index contributed by atoms with van der Waals surface area (Å²) in [6.07, 6.45) is 0. The molecule has 5 nitrogen and oxygen atoms in total. The van der Waals surface area contributed by atoms with Crippen molar-refractivity contribution in [2.45, 2.75) is 0 Å². The summed E-state index contributed by atoms with van der Waals surface area (Å²) in [5, 5.41) is 0. The summed E-state index contributed by atoms with van der Waals surface area (Å²) in [6, 6.07) is 11.0. The van der Waals surface area contributed by atoms with Crippen LogP contribution in [-0.4, -0.2) is 54.9 Å². The number of carbonyl (C=O) groups excluding carboxylic acids is 2. The number of hydrogen-bond acceptors (Lipinski definition) is 3. The van der Waals surface area contributed by atoms with E-state index in [1.807, 2.05) is 0 Å². The van der Waals surface area contributed by atoms with Crippen molar-refractivity contribution in [2.75, 3.05) is 33.3 Å². The van der Waals surface area contributed by atoms with Gasteiger partial charge in [0.2, 0.25) is 0 Å². The lowest BCUT2D eigenvalue weighted by Gasteiger charge is -2.35. The zero-order valence-corrected chi connectivity index (χ0v) is 15.8. The number of hydrogen-bond donors (Lipinski definition) is 0. The van der Waals surface area contributed by atoms with Crippen LogP contribution < -0.4 is 4.74 Å². The maximum absolute atomic E-state index is 13.4. The van der Waals surface area contributed by atoms with Gasteiger partial charge in [-0.15, -0.1) is 0 Å². The van der Waals surface area contributed by atoms with Crippen molar-refractivity contribution in [1.29, 1.82) is 0 Å². The van der Waals surface area contributed by atoms with E-state index >= 15 is 0 Å². The Bertz CT molecular complexity index is 835. The molecular weight excluding hydrogens is 403 g/mol. The van der Waals surface area contributed by atoms with Gasteiger partial charge in [-0.1, -0.05) is 6.07 Å². The van der Waals surface area contributed by atoms with Gasteiger partial charge in [0.15, 0.2) is 0 Å². The molecule has 26 heavy (non-hydrogen) atoms. The number of methoxy groups -OCH3 is 1. The number of ether oxygens (including phenoxy) is 1. The van der Waals surface area contributed by atoms with Gasteiger partial charge in [0.1, 0.15) is 11.6 Å². The lowest BCUT2D eigenvalue weighted by atomic mass is 10.1. The summed E-state index contributed by atoms with van der Waals surface area (Å²) < 4.78 is 19.1. The van der Waals surface area contributed by atoms with E-state index < -0.39 is 5.82 Å². The minimum atomic E-state index is -0.455. The molecule has 0 bridgehead atoms. The maximum Gasteiger partial charge on any atom is 0.255 e. The molecule has 2 aromatic carbocycles. The van der Waals surface area contributed by atoms with Gasteiger partial charge in [0, 0.05) is 36.2 Å². The van der Waals surface area contributed by atoms with E-state index in [0.29, 0.717) is 42.0 Å². The number of benzene rings is 2. The molecule has 0 unspecified atom stereocenters. The molecule has 0 atom stereocenters. The smallest absolute Gasteiger partial charge is 0.255 e. The summed E-state index contributed by atoms with van der Waals surface area (Å²) in [4.78, 5) is 28.6. The molecule has 1 aliphatic rings. The number of piperazine rings is 1. The fourth-order valence-corrected chi connectivity index (χ4v) is 3.30. The molecule has 7 heteroatoms. The predicted molar refractivity (Wildman–Crippen MR) is 98.9 cm³/mol. The van der Waals surface area contributed by atoms with Crippen LogP contribution in [0.15, 0.2) is 46.9 Å². The van der Waals surface area contributed by atoms with Crippen LogP contribution in [-0.2, 0) is 0 Å². The van der Waals surface area contributed by atoms with Crippen molar-refractivity contribution >= 4 is 27.7 Å². The summed E-state index contributed by atoms with van der Waals surface area (Å²) >= 11 is 3.29. The zero-order valence-electron chi connectivity index (χ0n) is 14.2. The highest BCUT2D eigenvalue weighted by Crippen LogP contribution is 2.21. The lowest BCUT2D eigenvalue weighted by molar-refractivity contribution is 0.0534. The summed E-state index contributed by atoms with van der Waals surface area (Å²) in [6.45, 7) is 1.65.